The van der Waals surface area contributed by atoms with Crippen LogP contribution in [-0.4, -0.2) is 19.9 Å². The van der Waals surface area contributed by atoms with Gasteiger partial charge in [-0.25, -0.2) is 0 Å². The number of methoxy groups -OCH3 is 1. The third-order valence-corrected chi connectivity index (χ3v) is 3.25. The Bertz CT molecular complexity index is 431. The molecule has 1 aliphatic carbocycles. The lowest BCUT2D eigenvalue weighted by atomic mass is 9.97. The molecule has 1 unspecified atom stereocenters. The highest BCUT2D eigenvalue weighted by Gasteiger charge is 2.08. The zero-order chi connectivity index (χ0) is 12.8. The molecule has 0 amide bonds. The third-order valence-electron chi connectivity index (χ3n) is 3.25. The van der Waals surface area contributed by atoms with Crippen molar-refractivity contribution in [1.29, 1.82) is 0 Å². The Balaban J connectivity index is 2.02. The summed E-state index contributed by atoms with van der Waals surface area (Å²) in [6.45, 7) is -0.242. The van der Waals surface area contributed by atoms with Crippen LogP contribution in [0, 0.1) is 0 Å². The number of halogens is 1. The summed E-state index contributed by atoms with van der Waals surface area (Å²) >= 11 is 0. The minimum atomic E-state index is -0.242. The van der Waals surface area contributed by atoms with Gasteiger partial charge in [0.05, 0.1) is 12.8 Å². The first kappa shape index (κ1) is 13.0. The van der Waals surface area contributed by atoms with Crippen LogP contribution in [0.5, 0.6) is 0 Å². The largest absolute Gasteiger partial charge is 0.377 e. The van der Waals surface area contributed by atoms with Crippen LogP contribution in [0.3, 0.4) is 0 Å². The summed E-state index contributed by atoms with van der Waals surface area (Å²) in [6.07, 6.45) is 8.95. The van der Waals surface area contributed by atoms with E-state index in [4.69, 9.17) is 4.74 Å². The fourth-order valence-corrected chi connectivity index (χ4v) is 2.12. The van der Waals surface area contributed by atoms with Crippen LogP contribution in [0.1, 0.15) is 24.0 Å². The number of aryl methyl sites for hydroxylation is 1. The fraction of sp³-hybridized carbons (Fsp3) is 0.375. The Hall–Kier alpha value is -1.41. The normalized spacial score (nSPS) is 18.8. The van der Waals surface area contributed by atoms with E-state index in [1.165, 1.54) is 16.7 Å². The van der Waals surface area contributed by atoms with Crippen molar-refractivity contribution in [3.8, 4) is 0 Å². The van der Waals surface area contributed by atoms with Gasteiger partial charge in [0.25, 0.3) is 0 Å². The highest BCUT2D eigenvalue weighted by atomic mass is 19.1. The van der Waals surface area contributed by atoms with Gasteiger partial charge in [0.1, 0.15) is 0 Å². The number of benzene rings is 1. The molecule has 18 heavy (non-hydrogen) atoms. The third kappa shape index (κ3) is 3.30. The minimum absolute atomic E-state index is 0.206. The minimum Gasteiger partial charge on any atom is -0.377 e. The summed E-state index contributed by atoms with van der Waals surface area (Å²) < 4.78 is 17.4. The first-order chi connectivity index (χ1) is 8.83. The topological polar surface area (TPSA) is 9.23 Å². The highest BCUT2D eigenvalue weighted by Crippen LogP contribution is 2.23. The van der Waals surface area contributed by atoms with E-state index in [1.54, 1.807) is 7.11 Å². The average molecular weight is 246 g/mol. The molecule has 1 atom stereocenters. The number of allylic oxidation sites excluding steroid dienone is 2. The summed E-state index contributed by atoms with van der Waals surface area (Å²) in [5.74, 6) is 0. The van der Waals surface area contributed by atoms with Crippen LogP contribution < -0.4 is 0 Å². The van der Waals surface area contributed by atoms with Crippen molar-refractivity contribution in [3.05, 3.63) is 53.6 Å². The van der Waals surface area contributed by atoms with Gasteiger partial charge in [-0.15, -0.1) is 0 Å². The molecule has 0 saturated carbocycles. The summed E-state index contributed by atoms with van der Waals surface area (Å²) in [7, 11) is 1.73. The summed E-state index contributed by atoms with van der Waals surface area (Å²) in [5.41, 5.74) is 3.65. The van der Waals surface area contributed by atoms with Crippen LogP contribution in [-0.2, 0) is 11.2 Å². The van der Waals surface area contributed by atoms with Crippen LogP contribution in [0.2, 0.25) is 0 Å². The van der Waals surface area contributed by atoms with E-state index < -0.39 is 0 Å². The lowest BCUT2D eigenvalue weighted by molar-refractivity contribution is 0.143. The Kier molecular flexibility index (Phi) is 4.71. The molecule has 1 aromatic rings. The van der Waals surface area contributed by atoms with Gasteiger partial charge >= 0.3 is 0 Å². The van der Waals surface area contributed by atoms with Crippen molar-refractivity contribution >= 4 is 5.57 Å². The SMILES string of the molecule is COC1C=CC(c2ccc(CCCF)cc2)=CC1. The predicted octanol–water partition coefficient (Wildman–Crippen LogP) is 3.95. The smallest absolute Gasteiger partial charge is 0.0897 e. The number of hydrogen-bond donors (Lipinski definition) is 0. The average Bonchev–Trinajstić information content (AvgIpc) is 2.46. The van der Waals surface area contributed by atoms with Gasteiger partial charge in [-0.3, -0.25) is 4.39 Å². The van der Waals surface area contributed by atoms with Crippen molar-refractivity contribution in [2.24, 2.45) is 0 Å². The zero-order valence-electron chi connectivity index (χ0n) is 10.7. The summed E-state index contributed by atoms with van der Waals surface area (Å²) in [4.78, 5) is 0. The van der Waals surface area contributed by atoms with E-state index >= 15 is 0 Å². The van der Waals surface area contributed by atoms with Crippen LogP contribution in [0.25, 0.3) is 5.57 Å². The second-order valence-electron chi connectivity index (χ2n) is 4.52. The van der Waals surface area contributed by atoms with Crippen LogP contribution >= 0.6 is 0 Å². The molecular weight excluding hydrogens is 227 g/mol. The molecule has 0 saturated heterocycles. The van der Waals surface area contributed by atoms with Gasteiger partial charge in [-0.2, -0.15) is 0 Å². The molecule has 1 aromatic carbocycles. The van der Waals surface area contributed by atoms with Gasteiger partial charge < -0.3 is 4.74 Å². The second kappa shape index (κ2) is 6.50. The number of hydrogen-bond acceptors (Lipinski definition) is 1. The van der Waals surface area contributed by atoms with Gasteiger partial charge in [0.2, 0.25) is 0 Å². The Morgan fingerprint density at radius 1 is 1.28 bits per heavy atom. The molecule has 0 N–H and O–H groups in total. The number of rotatable bonds is 5. The summed E-state index contributed by atoms with van der Waals surface area (Å²) in [6, 6.07) is 8.39. The maximum absolute atomic E-state index is 12.1. The second-order valence-corrected chi connectivity index (χ2v) is 4.52. The van der Waals surface area contributed by atoms with E-state index in [2.05, 4.69) is 42.5 Å². The molecule has 96 valence electrons. The number of alkyl halides is 1. The molecule has 2 rings (SSSR count). The molecule has 0 heterocycles. The van der Waals surface area contributed by atoms with E-state index in [-0.39, 0.29) is 12.8 Å². The standard InChI is InChI=1S/C16H19FO/c1-18-16-10-8-15(9-11-16)14-6-4-13(5-7-14)3-2-12-17/h4-10,16H,2-3,11-12H2,1H3. The molecule has 1 nitrogen and oxygen atoms in total. The highest BCUT2D eigenvalue weighted by molar-refractivity contribution is 5.75. The Labute approximate surface area is 108 Å². The van der Waals surface area contributed by atoms with Crippen molar-refractivity contribution in [2.75, 3.05) is 13.8 Å². The van der Waals surface area contributed by atoms with E-state index in [9.17, 15) is 4.39 Å². The molecule has 0 spiro atoms. The van der Waals surface area contributed by atoms with Crippen LogP contribution in [0.15, 0.2) is 42.5 Å². The van der Waals surface area contributed by atoms with Crippen molar-refractivity contribution in [2.45, 2.75) is 25.4 Å². The van der Waals surface area contributed by atoms with Crippen LogP contribution in [0.4, 0.5) is 4.39 Å². The molecule has 0 radical (unpaired) electrons. The van der Waals surface area contributed by atoms with E-state index in [0.717, 1.165) is 12.8 Å². The lowest BCUT2D eigenvalue weighted by Gasteiger charge is -2.15. The Morgan fingerprint density at radius 2 is 2.06 bits per heavy atom. The monoisotopic (exact) mass is 246 g/mol. The molecule has 0 bridgehead atoms. The molecule has 0 aromatic heterocycles. The van der Waals surface area contributed by atoms with Crippen molar-refractivity contribution in [3.63, 3.8) is 0 Å². The molecule has 0 aliphatic heterocycles. The van der Waals surface area contributed by atoms with Crippen molar-refractivity contribution < 1.29 is 9.13 Å². The molecular formula is C16H19FO. The fourth-order valence-electron chi connectivity index (χ4n) is 2.12. The lowest BCUT2D eigenvalue weighted by Crippen LogP contribution is -2.08. The molecule has 0 fully saturated rings. The van der Waals surface area contributed by atoms with Gasteiger partial charge in [0, 0.05) is 7.11 Å². The quantitative estimate of drug-likeness (QED) is 0.764. The maximum atomic E-state index is 12.1. The number of ether oxygens (including phenoxy) is 1. The summed E-state index contributed by atoms with van der Waals surface area (Å²) in [5, 5.41) is 0. The zero-order valence-corrected chi connectivity index (χ0v) is 10.7. The van der Waals surface area contributed by atoms with Gasteiger partial charge in [-0.1, -0.05) is 42.5 Å². The first-order valence-electron chi connectivity index (χ1n) is 6.40. The van der Waals surface area contributed by atoms with E-state index in [0.29, 0.717) is 6.42 Å². The predicted molar refractivity (Wildman–Crippen MR) is 73.3 cm³/mol. The molecule has 2 heteroatoms. The van der Waals surface area contributed by atoms with Gasteiger partial charge in [-0.05, 0) is 36.0 Å². The first-order valence-corrected chi connectivity index (χ1v) is 6.40. The molecule has 1 aliphatic rings. The maximum Gasteiger partial charge on any atom is 0.0897 e. The van der Waals surface area contributed by atoms with Crippen molar-refractivity contribution in [1.82, 2.24) is 0 Å². The van der Waals surface area contributed by atoms with E-state index in [1.807, 2.05) is 0 Å². The Morgan fingerprint density at radius 3 is 2.61 bits per heavy atom. The van der Waals surface area contributed by atoms with Gasteiger partial charge in [0.15, 0.2) is 0 Å².